The number of ether oxygens (including phenoxy) is 5. The molecule has 0 spiro atoms. The van der Waals surface area contributed by atoms with Crippen molar-refractivity contribution in [3.05, 3.63) is 82.9 Å². The van der Waals surface area contributed by atoms with Crippen molar-refractivity contribution in [3.63, 3.8) is 0 Å². The Kier molecular flexibility index (Phi) is 12.5. The van der Waals surface area contributed by atoms with E-state index in [1.54, 1.807) is 62.4 Å². The summed E-state index contributed by atoms with van der Waals surface area (Å²) in [7, 11) is 0. The first-order chi connectivity index (χ1) is 28.2. The minimum absolute atomic E-state index is 0.0115. The lowest BCUT2D eigenvalue weighted by molar-refractivity contribution is -0.346. The van der Waals surface area contributed by atoms with Crippen LogP contribution in [-0.4, -0.2) is 105 Å². The summed E-state index contributed by atoms with van der Waals surface area (Å²) in [6.07, 6.45) is -8.90. The number of esters is 4. The van der Waals surface area contributed by atoms with Crippen molar-refractivity contribution in [2.75, 3.05) is 6.61 Å². The van der Waals surface area contributed by atoms with E-state index in [1.165, 1.54) is 26.0 Å². The van der Waals surface area contributed by atoms with Gasteiger partial charge in [0.1, 0.15) is 23.9 Å². The Hall–Kier alpha value is -4.96. The molecule has 2 saturated carbocycles. The lowest BCUT2D eigenvalue weighted by Gasteiger charge is -2.67. The second-order valence-electron chi connectivity index (χ2n) is 17.2. The van der Waals surface area contributed by atoms with Crippen molar-refractivity contribution in [2.45, 2.75) is 134 Å². The molecule has 1 heterocycles. The van der Waals surface area contributed by atoms with Gasteiger partial charge in [0.25, 0.3) is 0 Å². The Bertz CT molecular complexity index is 2030. The summed E-state index contributed by atoms with van der Waals surface area (Å²) in [6.45, 7) is 9.94. The maximum Gasteiger partial charge on any atom is 0.338 e. The van der Waals surface area contributed by atoms with Crippen LogP contribution in [-0.2, 0) is 47.7 Å². The van der Waals surface area contributed by atoms with Crippen molar-refractivity contribution in [3.8, 4) is 0 Å². The standard InChI is InChI=1S/C45H55NO14/c1-8-9-20-32(50)46-34(27-16-12-10-13-17-27)35(51)41(54)58-29-22-45(55)39(59-40(53)28-18-14-11-15-19-28)37-43(7,30(49)21-31-44(37,23-56-31)60-26(4)48)38(52)36(57-25(3)47)33(24(29)2)42(45,5)6/h10-19,29-31,34-37,39,49,51,55H,8-9,20-23H2,1-7H3,(H,46,50)/t29?,30?,31?,34?,35?,36?,37?,39?,43-,44+,45?/m1/s1. The van der Waals surface area contributed by atoms with E-state index >= 15 is 4.79 Å². The summed E-state index contributed by atoms with van der Waals surface area (Å²) in [5, 5.41) is 40.1. The molecule has 4 aliphatic rings. The van der Waals surface area contributed by atoms with Crippen LogP contribution in [0.2, 0.25) is 0 Å². The van der Waals surface area contributed by atoms with Gasteiger partial charge >= 0.3 is 23.9 Å². The number of carbonyl (C=O) groups excluding carboxylic acids is 6. The highest BCUT2D eigenvalue weighted by atomic mass is 16.6. The molecule has 15 heteroatoms. The SMILES string of the molecule is CCCCC(=O)NC(c1ccccc1)C(O)C(=O)OC1CC2(O)C(OC(=O)c3ccccc3)C3[C@]4(OC(C)=O)COC4CC(O)[C@@]3(C)C(=O)C(OC(C)=O)C(=C1C)C2(C)C. The summed E-state index contributed by atoms with van der Waals surface area (Å²) in [5.41, 5.74) is -7.13. The molecule has 2 aromatic carbocycles. The number of aliphatic hydroxyl groups is 3. The minimum Gasteiger partial charge on any atom is -0.456 e. The lowest BCUT2D eigenvalue weighted by Crippen LogP contribution is -2.82. The predicted octanol–water partition coefficient (Wildman–Crippen LogP) is 3.61. The molecule has 1 amide bonds. The zero-order valence-corrected chi connectivity index (χ0v) is 35.0. The molecule has 4 N–H and O–H groups in total. The van der Waals surface area contributed by atoms with Crippen molar-refractivity contribution >= 4 is 35.6 Å². The van der Waals surface area contributed by atoms with E-state index < -0.39 is 113 Å². The van der Waals surface area contributed by atoms with Gasteiger partial charge < -0.3 is 44.3 Å². The topological polar surface area (TPSA) is 221 Å². The van der Waals surface area contributed by atoms with E-state index in [1.807, 2.05) is 6.92 Å². The van der Waals surface area contributed by atoms with Crippen LogP contribution >= 0.6 is 0 Å². The molecular formula is C45H55NO14. The fourth-order valence-electron chi connectivity index (χ4n) is 9.95. The first-order valence-electron chi connectivity index (χ1n) is 20.4. The molecule has 9 unspecified atom stereocenters. The van der Waals surface area contributed by atoms with E-state index in [4.69, 9.17) is 23.7 Å². The number of carbonyl (C=O) groups is 6. The number of Topliss-reactive ketones (excluding diaryl/α,β-unsaturated/α-hetero) is 1. The Morgan fingerprint density at radius 3 is 2.13 bits per heavy atom. The molecule has 2 aromatic rings. The normalized spacial score (nSPS) is 32.6. The van der Waals surface area contributed by atoms with E-state index in [0.717, 1.165) is 20.3 Å². The fraction of sp³-hybridized carbons (Fsp3) is 0.556. The number of hydrogen-bond acceptors (Lipinski definition) is 14. The summed E-state index contributed by atoms with van der Waals surface area (Å²) in [4.78, 5) is 82.7. The van der Waals surface area contributed by atoms with E-state index in [-0.39, 0.29) is 36.2 Å². The number of unbranched alkanes of at least 4 members (excludes halogenated alkanes) is 1. The van der Waals surface area contributed by atoms with Crippen LogP contribution in [0.1, 0.15) is 103 Å². The van der Waals surface area contributed by atoms with Crippen LogP contribution in [0.3, 0.4) is 0 Å². The Morgan fingerprint density at radius 1 is 0.933 bits per heavy atom. The van der Waals surface area contributed by atoms with Gasteiger partial charge in [0.15, 0.2) is 23.6 Å². The fourth-order valence-corrected chi connectivity index (χ4v) is 9.95. The molecule has 3 aliphatic carbocycles. The molecule has 1 saturated heterocycles. The molecule has 11 atom stereocenters. The highest BCUT2D eigenvalue weighted by Gasteiger charge is 2.78. The number of nitrogens with one attached hydrogen (secondary N) is 1. The molecule has 6 rings (SSSR count). The third kappa shape index (κ3) is 7.54. The first-order valence-corrected chi connectivity index (χ1v) is 20.4. The zero-order valence-electron chi connectivity index (χ0n) is 35.0. The second-order valence-corrected chi connectivity index (χ2v) is 17.2. The minimum atomic E-state index is -2.37. The molecule has 0 radical (unpaired) electrons. The van der Waals surface area contributed by atoms with Gasteiger partial charge in [0, 0.05) is 38.5 Å². The number of ketones is 1. The number of fused-ring (bicyclic) bond motifs is 5. The number of benzene rings is 2. The maximum absolute atomic E-state index is 15.4. The van der Waals surface area contributed by atoms with Gasteiger partial charge in [0.2, 0.25) is 5.91 Å². The highest BCUT2D eigenvalue weighted by Crippen LogP contribution is 2.64. The molecule has 15 nitrogen and oxygen atoms in total. The van der Waals surface area contributed by atoms with Crippen molar-refractivity contribution in [1.29, 1.82) is 0 Å². The number of hydrogen-bond donors (Lipinski definition) is 4. The number of amides is 1. The zero-order chi connectivity index (χ0) is 43.9. The molecular weight excluding hydrogens is 778 g/mol. The third-order valence-corrected chi connectivity index (χ3v) is 13.2. The molecule has 1 aliphatic heterocycles. The van der Waals surface area contributed by atoms with E-state index in [0.29, 0.717) is 12.0 Å². The van der Waals surface area contributed by atoms with Gasteiger partial charge in [-0.05, 0) is 49.1 Å². The number of rotatable bonds is 12. The van der Waals surface area contributed by atoms with Crippen LogP contribution in [0.5, 0.6) is 0 Å². The van der Waals surface area contributed by atoms with Crippen molar-refractivity contribution in [1.82, 2.24) is 5.32 Å². The number of aliphatic hydroxyl groups excluding tert-OH is 2. The van der Waals surface area contributed by atoms with Crippen LogP contribution in [0.25, 0.3) is 0 Å². The smallest absolute Gasteiger partial charge is 0.338 e. The van der Waals surface area contributed by atoms with Gasteiger partial charge in [-0.1, -0.05) is 75.7 Å². The monoisotopic (exact) mass is 833 g/mol. The first kappa shape index (κ1) is 44.6. The molecule has 324 valence electrons. The predicted molar refractivity (Wildman–Crippen MR) is 211 cm³/mol. The highest BCUT2D eigenvalue weighted by molar-refractivity contribution is 5.95. The molecule has 2 bridgehead atoms. The van der Waals surface area contributed by atoms with Crippen LogP contribution in [0, 0.1) is 16.7 Å². The largest absolute Gasteiger partial charge is 0.456 e. The average molecular weight is 834 g/mol. The molecule has 60 heavy (non-hydrogen) atoms. The Labute approximate surface area is 348 Å². The summed E-state index contributed by atoms with van der Waals surface area (Å²) >= 11 is 0. The van der Waals surface area contributed by atoms with Crippen molar-refractivity contribution in [2.24, 2.45) is 16.7 Å². The molecule has 3 fully saturated rings. The van der Waals surface area contributed by atoms with Gasteiger partial charge in [-0.2, -0.15) is 0 Å². The second kappa shape index (κ2) is 16.8. The summed E-state index contributed by atoms with van der Waals surface area (Å²) in [5.74, 6) is -6.57. The van der Waals surface area contributed by atoms with Crippen LogP contribution < -0.4 is 5.32 Å². The van der Waals surface area contributed by atoms with Gasteiger partial charge in [-0.25, -0.2) is 9.59 Å². The quantitative estimate of drug-likeness (QED) is 0.136. The van der Waals surface area contributed by atoms with E-state index in [9.17, 15) is 39.3 Å². The third-order valence-electron chi connectivity index (χ3n) is 13.2. The van der Waals surface area contributed by atoms with E-state index in [2.05, 4.69) is 5.32 Å². The van der Waals surface area contributed by atoms with Crippen LogP contribution in [0.15, 0.2) is 71.8 Å². The Morgan fingerprint density at radius 2 is 1.57 bits per heavy atom. The average Bonchev–Trinajstić information content (AvgIpc) is 3.20. The summed E-state index contributed by atoms with van der Waals surface area (Å²) < 4.78 is 30.2. The molecule has 0 aromatic heterocycles. The van der Waals surface area contributed by atoms with Gasteiger partial charge in [0.05, 0.1) is 35.6 Å². The Balaban J connectivity index is 1.54. The van der Waals surface area contributed by atoms with Crippen LogP contribution in [0.4, 0.5) is 0 Å². The summed E-state index contributed by atoms with van der Waals surface area (Å²) in [6, 6.07) is 15.0. The lowest BCUT2D eigenvalue weighted by atomic mass is 9.44. The van der Waals surface area contributed by atoms with Crippen molar-refractivity contribution < 1.29 is 67.8 Å². The van der Waals surface area contributed by atoms with Gasteiger partial charge in [-0.3, -0.25) is 19.2 Å². The van der Waals surface area contributed by atoms with Gasteiger partial charge in [-0.15, -0.1) is 0 Å². The maximum atomic E-state index is 15.4.